The smallest absolute Gasteiger partial charge is 0.262 e. The number of aryl methyl sites for hydroxylation is 1. The molecule has 152 valence electrons. The van der Waals surface area contributed by atoms with Crippen molar-refractivity contribution < 1.29 is 22.7 Å². The van der Waals surface area contributed by atoms with Crippen LogP contribution in [0.2, 0.25) is 0 Å². The number of sulfonamides is 1. The highest BCUT2D eigenvalue weighted by Gasteiger charge is 2.34. The van der Waals surface area contributed by atoms with Crippen LogP contribution in [0.5, 0.6) is 11.5 Å². The molecule has 1 aromatic carbocycles. The highest BCUT2D eigenvalue weighted by atomic mass is 32.2. The first-order valence-corrected chi connectivity index (χ1v) is 10.3. The lowest BCUT2D eigenvalue weighted by Gasteiger charge is -2.30. The van der Waals surface area contributed by atoms with Gasteiger partial charge in [-0.05, 0) is 25.0 Å². The maximum atomic E-state index is 12.8. The quantitative estimate of drug-likeness (QED) is 0.777. The van der Waals surface area contributed by atoms with Gasteiger partial charge in [-0.3, -0.25) is 4.79 Å². The SMILES string of the molecule is COc1ccc(OC)c(NC(=O)[C@H]2CCCN(S(=O)(=O)c3cn(C)cn3)C2)c1. The summed E-state index contributed by atoms with van der Waals surface area (Å²) in [6.45, 7) is 0.474. The summed E-state index contributed by atoms with van der Waals surface area (Å²) in [6.07, 6.45) is 4.10. The molecule has 1 N–H and O–H groups in total. The van der Waals surface area contributed by atoms with Crippen molar-refractivity contribution >= 4 is 21.6 Å². The Morgan fingerprint density at radius 1 is 1.29 bits per heavy atom. The normalized spacial score (nSPS) is 17.9. The number of rotatable bonds is 6. The molecule has 1 aliphatic heterocycles. The molecule has 3 rings (SSSR count). The minimum atomic E-state index is -3.73. The molecule has 9 nitrogen and oxygen atoms in total. The van der Waals surface area contributed by atoms with Crippen molar-refractivity contribution in [2.75, 3.05) is 32.6 Å². The highest BCUT2D eigenvalue weighted by Crippen LogP contribution is 2.30. The number of nitrogens with zero attached hydrogens (tertiary/aromatic N) is 3. The zero-order valence-electron chi connectivity index (χ0n) is 16.1. The second-order valence-corrected chi connectivity index (χ2v) is 8.52. The summed E-state index contributed by atoms with van der Waals surface area (Å²) in [5.74, 6) is 0.359. The topological polar surface area (TPSA) is 103 Å². The van der Waals surface area contributed by atoms with E-state index in [-0.39, 0.29) is 17.5 Å². The maximum Gasteiger partial charge on any atom is 0.262 e. The predicted molar refractivity (Wildman–Crippen MR) is 103 cm³/mol. The number of nitrogens with one attached hydrogen (secondary N) is 1. The number of ether oxygens (including phenoxy) is 2. The van der Waals surface area contributed by atoms with Crippen LogP contribution in [0.25, 0.3) is 0 Å². The Kier molecular flexibility index (Phi) is 5.90. The number of carbonyl (C=O) groups is 1. The average Bonchev–Trinajstić information content (AvgIpc) is 3.15. The largest absolute Gasteiger partial charge is 0.497 e. The van der Waals surface area contributed by atoms with Crippen LogP contribution in [-0.4, -0.2) is 55.5 Å². The zero-order valence-corrected chi connectivity index (χ0v) is 16.9. The third kappa shape index (κ3) is 4.12. The first kappa shape index (κ1) is 20.2. The number of hydrogen-bond acceptors (Lipinski definition) is 6. The lowest BCUT2D eigenvalue weighted by atomic mass is 9.98. The van der Waals surface area contributed by atoms with Gasteiger partial charge in [0.2, 0.25) is 5.91 Å². The molecule has 1 saturated heterocycles. The molecular formula is C18H24N4O5S. The van der Waals surface area contributed by atoms with E-state index in [1.165, 1.54) is 31.0 Å². The maximum absolute atomic E-state index is 12.8. The van der Waals surface area contributed by atoms with Crippen LogP contribution in [0, 0.1) is 5.92 Å². The van der Waals surface area contributed by atoms with Crippen LogP contribution in [0.15, 0.2) is 35.7 Å². The Bertz CT molecular complexity index is 957. The zero-order chi connectivity index (χ0) is 20.3. The van der Waals surface area contributed by atoms with Gasteiger partial charge < -0.3 is 19.4 Å². The van der Waals surface area contributed by atoms with Gasteiger partial charge in [-0.25, -0.2) is 13.4 Å². The molecule has 1 aliphatic rings. The van der Waals surface area contributed by atoms with Crippen molar-refractivity contribution in [1.82, 2.24) is 13.9 Å². The molecule has 1 aromatic heterocycles. The third-order valence-electron chi connectivity index (χ3n) is 4.70. The molecule has 2 aromatic rings. The van der Waals surface area contributed by atoms with Crippen molar-refractivity contribution in [3.8, 4) is 11.5 Å². The van der Waals surface area contributed by atoms with Crippen LogP contribution in [-0.2, 0) is 21.9 Å². The molecule has 1 atom stereocenters. The summed E-state index contributed by atoms with van der Waals surface area (Å²) < 4.78 is 39.0. The second-order valence-electron chi connectivity index (χ2n) is 6.64. The second kappa shape index (κ2) is 8.19. The van der Waals surface area contributed by atoms with Gasteiger partial charge in [0.1, 0.15) is 11.5 Å². The van der Waals surface area contributed by atoms with Crippen molar-refractivity contribution in [1.29, 1.82) is 0 Å². The minimum Gasteiger partial charge on any atom is -0.497 e. The molecule has 10 heteroatoms. The van der Waals surface area contributed by atoms with Gasteiger partial charge in [-0.1, -0.05) is 0 Å². The number of piperidine rings is 1. The number of benzene rings is 1. The van der Waals surface area contributed by atoms with Gasteiger partial charge in [-0.2, -0.15) is 4.31 Å². The van der Waals surface area contributed by atoms with Crippen molar-refractivity contribution in [3.05, 3.63) is 30.7 Å². The van der Waals surface area contributed by atoms with E-state index in [9.17, 15) is 13.2 Å². The monoisotopic (exact) mass is 408 g/mol. The molecule has 1 amide bonds. The summed E-state index contributed by atoms with van der Waals surface area (Å²) in [4.78, 5) is 16.7. The van der Waals surface area contributed by atoms with E-state index in [4.69, 9.17) is 9.47 Å². The fourth-order valence-electron chi connectivity index (χ4n) is 3.18. The fraction of sp³-hybridized carbons (Fsp3) is 0.444. The lowest BCUT2D eigenvalue weighted by Crippen LogP contribution is -2.43. The van der Waals surface area contributed by atoms with Crippen molar-refractivity contribution in [2.24, 2.45) is 13.0 Å². The molecule has 0 spiro atoms. The summed E-state index contributed by atoms with van der Waals surface area (Å²) in [5, 5.41) is 2.83. The first-order chi connectivity index (χ1) is 13.3. The van der Waals surface area contributed by atoms with Gasteiger partial charge in [0.15, 0.2) is 5.03 Å². The Morgan fingerprint density at radius 3 is 2.71 bits per heavy atom. The van der Waals surface area contributed by atoms with Gasteiger partial charge >= 0.3 is 0 Å². The Morgan fingerprint density at radius 2 is 2.07 bits per heavy atom. The van der Waals surface area contributed by atoms with E-state index >= 15 is 0 Å². The number of imidazole rings is 1. The molecule has 0 aliphatic carbocycles. The Hall–Kier alpha value is -2.59. The van der Waals surface area contributed by atoms with Crippen molar-refractivity contribution in [3.63, 3.8) is 0 Å². The van der Waals surface area contributed by atoms with Crippen LogP contribution < -0.4 is 14.8 Å². The van der Waals surface area contributed by atoms with E-state index in [1.54, 1.807) is 29.8 Å². The van der Waals surface area contributed by atoms with E-state index in [2.05, 4.69) is 10.3 Å². The predicted octanol–water partition coefficient (Wildman–Crippen LogP) is 1.48. The molecule has 0 unspecified atom stereocenters. The van der Waals surface area contributed by atoms with E-state index in [0.717, 1.165) is 0 Å². The highest BCUT2D eigenvalue weighted by molar-refractivity contribution is 7.89. The number of anilines is 1. The van der Waals surface area contributed by atoms with Crippen LogP contribution in [0.1, 0.15) is 12.8 Å². The Balaban J connectivity index is 1.75. The molecular weight excluding hydrogens is 384 g/mol. The number of methoxy groups -OCH3 is 2. The first-order valence-electron chi connectivity index (χ1n) is 8.86. The number of carbonyl (C=O) groups excluding carboxylic acids is 1. The van der Waals surface area contributed by atoms with Gasteiger partial charge in [0.25, 0.3) is 10.0 Å². The van der Waals surface area contributed by atoms with Crippen LogP contribution >= 0.6 is 0 Å². The van der Waals surface area contributed by atoms with E-state index in [1.807, 2.05) is 0 Å². The van der Waals surface area contributed by atoms with Gasteiger partial charge in [0, 0.05) is 32.4 Å². The van der Waals surface area contributed by atoms with E-state index < -0.39 is 15.9 Å². The summed E-state index contributed by atoms with van der Waals surface area (Å²) in [6, 6.07) is 5.10. The number of aromatic nitrogens is 2. The number of hydrogen-bond donors (Lipinski definition) is 1. The standard InChI is InChI=1S/C18H24N4O5S/c1-21-11-17(19-12-21)28(24,25)22-8-4-5-13(10-22)18(23)20-15-9-14(26-2)6-7-16(15)27-3/h6-7,9,11-13H,4-5,8,10H2,1-3H3,(H,20,23)/t13-/m0/s1. The lowest BCUT2D eigenvalue weighted by molar-refractivity contribution is -0.120. The van der Waals surface area contributed by atoms with Gasteiger partial charge in [-0.15, -0.1) is 0 Å². The Labute approximate surface area is 164 Å². The molecule has 0 saturated carbocycles. The fourth-order valence-corrected chi connectivity index (χ4v) is 4.67. The van der Waals surface area contributed by atoms with E-state index in [0.29, 0.717) is 36.6 Å². The van der Waals surface area contributed by atoms with Crippen LogP contribution in [0.3, 0.4) is 0 Å². The number of amides is 1. The summed E-state index contributed by atoms with van der Waals surface area (Å²) in [7, 11) is 1.03. The molecule has 28 heavy (non-hydrogen) atoms. The molecule has 2 heterocycles. The summed E-state index contributed by atoms with van der Waals surface area (Å²) in [5.41, 5.74) is 0.483. The van der Waals surface area contributed by atoms with Gasteiger partial charge in [0.05, 0.1) is 32.2 Å². The van der Waals surface area contributed by atoms with Crippen LogP contribution in [0.4, 0.5) is 5.69 Å². The summed E-state index contributed by atoms with van der Waals surface area (Å²) >= 11 is 0. The van der Waals surface area contributed by atoms with Crippen molar-refractivity contribution in [2.45, 2.75) is 17.9 Å². The minimum absolute atomic E-state index is 0.00877. The average molecular weight is 408 g/mol. The molecule has 0 bridgehead atoms. The molecule has 0 radical (unpaired) electrons. The third-order valence-corrected chi connectivity index (χ3v) is 6.46. The molecule has 1 fully saturated rings.